The van der Waals surface area contributed by atoms with E-state index in [9.17, 15) is 4.79 Å². The zero-order chi connectivity index (χ0) is 14.9. The second kappa shape index (κ2) is 7.85. The second-order valence-corrected chi connectivity index (χ2v) is 4.26. The smallest absolute Gasteiger partial charge is 0.344 e. The van der Waals surface area contributed by atoms with Gasteiger partial charge < -0.3 is 9.47 Å². The Morgan fingerprint density at radius 1 is 1.10 bits per heavy atom. The average Bonchev–Trinajstić information content (AvgIpc) is 2.53. The van der Waals surface area contributed by atoms with Crippen LogP contribution in [0.3, 0.4) is 0 Å². The lowest BCUT2D eigenvalue weighted by molar-refractivity contribution is -0.145. The molecule has 0 saturated carbocycles. The number of hydrogen-bond acceptors (Lipinski definition) is 4. The van der Waals surface area contributed by atoms with E-state index >= 15 is 0 Å². The van der Waals surface area contributed by atoms with Gasteiger partial charge in [-0.25, -0.2) is 4.79 Å². The fraction of sp³-hybridized carbons (Fsp3) is 0.176. The summed E-state index contributed by atoms with van der Waals surface area (Å²) in [4.78, 5) is 15.5. The molecule has 0 aliphatic heterocycles. The summed E-state index contributed by atoms with van der Waals surface area (Å²) >= 11 is 0. The van der Waals surface area contributed by atoms with Crippen LogP contribution in [0.1, 0.15) is 12.5 Å². The molecular formula is C17H17NO3. The first-order valence-corrected chi connectivity index (χ1v) is 6.75. The standard InChI is InChI=1S/C17H17NO3/c1-2-20-17(19)13-21-16-10-8-14(9-11-16)12-18-15-6-4-3-5-7-15/h3-12H,2,13H2,1H3. The maximum absolute atomic E-state index is 11.2. The predicted octanol–water partition coefficient (Wildman–Crippen LogP) is 3.38. The Bertz CT molecular complexity index is 591. The van der Waals surface area contributed by atoms with Gasteiger partial charge in [0.2, 0.25) is 0 Å². The highest BCUT2D eigenvalue weighted by molar-refractivity contribution is 5.82. The summed E-state index contributed by atoms with van der Waals surface area (Å²) in [5.74, 6) is 0.257. The number of esters is 1. The van der Waals surface area contributed by atoms with E-state index in [-0.39, 0.29) is 12.6 Å². The number of carbonyl (C=O) groups is 1. The Morgan fingerprint density at radius 3 is 2.48 bits per heavy atom. The summed E-state index contributed by atoms with van der Waals surface area (Å²) in [6, 6.07) is 17.1. The van der Waals surface area contributed by atoms with Crippen molar-refractivity contribution in [2.24, 2.45) is 4.99 Å². The van der Waals surface area contributed by atoms with Crippen LogP contribution in [0, 0.1) is 0 Å². The topological polar surface area (TPSA) is 47.9 Å². The molecule has 0 N–H and O–H groups in total. The van der Waals surface area contributed by atoms with E-state index in [0.29, 0.717) is 12.4 Å². The minimum atomic E-state index is -0.368. The van der Waals surface area contributed by atoms with Crippen molar-refractivity contribution >= 4 is 17.9 Å². The van der Waals surface area contributed by atoms with Crippen LogP contribution in [0.4, 0.5) is 5.69 Å². The van der Waals surface area contributed by atoms with E-state index in [1.165, 1.54) is 0 Å². The van der Waals surface area contributed by atoms with E-state index in [0.717, 1.165) is 11.3 Å². The quantitative estimate of drug-likeness (QED) is 0.603. The summed E-state index contributed by atoms with van der Waals surface area (Å²) < 4.78 is 10.1. The van der Waals surface area contributed by atoms with E-state index in [1.807, 2.05) is 42.5 Å². The lowest BCUT2D eigenvalue weighted by atomic mass is 10.2. The minimum absolute atomic E-state index is 0.0781. The number of nitrogens with zero attached hydrogens (tertiary/aromatic N) is 1. The molecule has 0 amide bonds. The molecule has 0 heterocycles. The number of rotatable bonds is 6. The largest absolute Gasteiger partial charge is 0.482 e. The van der Waals surface area contributed by atoms with Crippen molar-refractivity contribution in [3.05, 3.63) is 60.2 Å². The molecule has 2 aromatic rings. The number of aliphatic imine (C=N–C) groups is 1. The van der Waals surface area contributed by atoms with Crippen LogP contribution in [0.15, 0.2) is 59.6 Å². The van der Waals surface area contributed by atoms with Gasteiger partial charge in [0, 0.05) is 6.21 Å². The Hall–Kier alpha value is -2.62. The van der Waals surface area contributed by atoms with Crippen LogP contribution >= 0.6 is 0 Å². The van der Waals surface area contributed by atoms with E-state index in [4.69, 9.17) is 9.47 Å². The molecule has 4 nitrogen and oxygen atoms in total. The first-order valence-electron chi connectivity index (χ1n) is 6.75. The fourth-order valence-electron chi connectivity index (χ4n) is 1.66. The highest BCUT2D eigenvalue weighted by atomic mass is 16.6. The third-order valence-electron chi connectivity index (χ3n) is 2.66. The van der Waals surface area contributed by atoms with Gasteiger partial charge in [-0.15, -0.1) is 0 Å². The Labute approximate surface area is 124 Å². The molecule has 21 heavy (non-hydrogen) atoms. The normalized spacial score (nSPS) is 10.5. The van der Waals surface area contributed by atoms with Crippen molar-refractivity contribution in [3.8, 4) is 5.75 Å². The van der Waals surface area contributed by atoms with Gasteiger partial charge in [0.05, 0.1) is 12.3 Å². The van der Waals surface area contributed by atoms with Crippen molar-refractivity contribution < 1.29 is 14.3 Å². The molecule has 0 bridgehead atoms. The minimum Gasteiger partial charge on any atom is -0.482 e. The molecule has 0 aromatic heterocycles. The van der Waals surface area contributed by atoms with Gasteiger partial charge in [-0.1, -0.05) is 18.2 Å². The number of ether oxygens (including phenoxy) is 2. The summed E-state index contributed by atoms with van der Waals surface area (Å²) in [6.07, 6.45) is 1.78. The summed E-state index contributed by atoms with van der Waals surface area (Å²) in [7, 11) is 0. The van der Waals surface area contributed by atoms with Gasteiger partial charge in [-0.2, -0.15) is 0 Å². The molecule has 0 fully saturated rings. The van der Waals surface area contributed by atoms with Crippen molar-refractivity contribution in [1.82, 2.24) is 0 Å². The molecule has 0 aliphatic rings. The molecule has 4 heteroatoms. The van der Waals surface area contributed by atoms with Crippen molar-refractivity contribution in [2.75, 3.05) is 13.2 Å². The van der Waals surface area contributed by atoms with Gasteiger partial charge in [-0.3, -0.25) is 4.99 Å². The lowest BCUT2D eigenvalue weighted by Gasteiger charge is -2.05. The fourth-order valence-corrected chi connectivity index (χ4v) is 1.66. The Morgan fingerprint density at radius 2 is 1.81 bits per heavy atom. The Kier molecular flexibility index (Phi) is 5.52. The van der Waals surface area contributed by atoms with Crippen LogP contribution in [0.2, 0.25) is 0 Å². The second-order valence-electron chi connectivity index (χ2n) is 4.26. The molecular weight excluding hydrogens is 266 g/mol. The van der Waals surface area contributed by atoms with E-state index < -0.39 is 0 Å². The lowest BCUT2D eigenvalue weighted by Crippen LogP contribution is -2.14. The summed E-state index contributed by atoms with van der Waals surface area (Å²) in [5, 5.41) is 0. The zero-order valence-corrected chi connectivity index (χ0v) is 11.9. The number of para-hydroxylation sites is 1. The molecule has 108 valence electrons. The van der Waals surface area contributed by atoms with E-state index in [2.05, 4.69) is 4.99 Å². The van der Waals surface area contributed by atoms with Gasteiger partial charge in [0.1, 0.15) is 5.75 Å². The zero-order valence-electron chi connectivity index (χ0n) is 11.9. The van der Waals surface area contributed by atoms with E-state index in [1.54, 1.807) is 25.3 Å². The van der Waals surface area contributed by atoms with Crippen molar-refractivity contribution in [1.29, 1.82) is 0 Å². The third kappa shape index (κ3) is 5.10. The summed E-state index contributed by atoms with van der Waals surface area (Å²) in [5.41, 5.74) is 1.86. The number of carbonyl (C=O) groups excluding carboxylic acids is 1. The molecule has 0 atom stereocenters. The Balaban J connectivity index is 1.90. The molecule has 0 unspecified atom stereocenters. The maximum atomic E-state index is 11.2. The van der Waals surface area contributed by atoms with Gasteiger partial charge >= 0.3 is 5.97 Å². The molecule has 0 radical (unpaired) electrons. The van der Waals surface area contributed by atoms with Gasteiger partial charge in [0.15, 0.2) is 6.61 Å². The number of benzene rings is 2. The van der Waals surface area contributed by atoms with Crippen LogP contribution < -0.4 is 4.74 Å². The van der Waals surface area contributed by atoms with Crippen molar-refractivity contribution in [2.45, 2.75) is 6.92 Å². The highest BCUT2D eigenvalue weighted by Gasteiger charge is 2.02. The molecule has 0 aliphatic carbocycles. The maximum Gasteiger partial charge on any atom is 0.344 e. The average molecular weight is 283 g/mol. The first-order chi connectivity index (χ1) is 10.3. The summed E-state index contributed by atoms with van der Waals surface area (Å²) in [6.45, 7) is 2.04. The molecule has 2 aromatic carbocycles. The van der Waals surface area contributed by atoms with Crippen LogP contribution in [-0.2, 0) is 9.53 Å². The predicted molar refractivity (Wildman–Crippen MR) is 82.3 cm³/mol. The van der Waals surface area contributed by atoms with Gasteiger partial charge in [0.25, 0.3) is 0 Å². The highest BCUT2D eigenvalue weighted by Crippen LogP contribution is 2.13. The van der Waals surface area contributed by atoms with Crippen LogP contribution in [0.5, 0.6) is 5.75 Å². The van der Waals surface area contributed by atoms with Crippen LogP contribution in [0.25, 0.3) is 0 Å². The van der Waals surface area contributed by atoms with Crippen molar-refractivity contribution in [3.63, 3.8) is 0 Å². The van der Waals surface area contributed by atoms with Gasteiger partial charge in [-0.05, 0) is 48.9 Å². The molecule has 0 saturated heterocycles. The molecule has 2 rings (SSSR count). The van der Waals surface area contributed by atoms with Crippen LogP contribution in [-0.4, -0.2) is 25.4 Å². The number of hydrogen-bond donors (Lipinski definition) is 0. The third-order valence-corrected chi connectivity index (χ3v) is 2.66. The SMILES string of the molecule is CCOC(=O)COc1ccc(C=Nc2ccccc2)cc1. The molecule has 0 spiro atoms. The monoisotopic (exact) mass is 283 g/mol. The first kappa shape index (κ1) is 14.8.